The highest BCUT2D eigenvalue weighted by Gasteiger charge is 2.27. The lowest BCUT2D eigenvalue weighted by Crippen LogP contribution is -2.27. The van der Waals surface area contributed by atoms with Crippen molar-refractivity contribution in [3.8, 4) is 0 Å². The van der Waals surface area contributed by atoms with Gasteiger partial charge in [0, 0.05) is 24.2 Å². The van der Waals surface area contributed by atoms with Crippen LogP contribution in [0.1, 0.15) is 36.5 Å². The Balaban J connectivity index is 1.53. The number of pyridine rings is 1. The lowest BCUT2D eigenvalue weighted by Gasteiger charge is -2.17. The van der Waals surface area contributed by atoms with E-state index in [9.17, 15) is 13.2 Å². The van der Waals surface area contributed by atoms with E-state index in [0.29, 0.717) is 18.0 Å². The molecule has 8 heteroatoms. The number of carbonyl (C=O) groups excluding carboxylic acids is 1. The molecule has 1 aliphatic rings. The van der Waals surface area contributed by atoms with Crippen LogP contribution in [0.3, 0.4) is 0 Å². The average Bonchev–Trinajstić information content (AvgIpc) is 3.31. The second-order valence-electron chi connectivity index (χ2n) is 8.64. The molecule has 4 rings (SSSR count). The van der Waals surface area contributed by atoms with Crippen molar-refractivity contribution < 1.29 is 13.2 Å². The van der Waals surface area contributed by atoms with E-state index in [-0.39, 0.29) is 11.2 Å². The van der Waals surface area contributed by atoms with Crippen LogP contribution >= 0.6 is 11.8 Å². The first kappa shape index (κ1) is 23.7. The maximum absolute atomic E-state index is 12.9. The van der Waals surface area contributed by atoms with Crippen LogP contribution in [0.2, 0.25) is 0 Å². The largest absolute Gasteiger partial charge is 0.325 e. The smallest absolute Gasteiger partial charge is 0.243 e. The number of aromatic nitrogens is 1. The monoisotopic (exact) mass is 483 g/mol. The maximum Gasteiger partial charge on any atom is 0.243 e. The lowest BCUT2D eigenvalue weighted by atomic mass is 10.1. The van der Waals surface area contributed by atoms with Crippen molar-refractivity contribution in [2.45, 2.75) is 55.7 Å². The SMILES string of the molecule is Cc1ccc(NC(=O)[C@H](C)Sc2cc(C)c3cc(S(=O)(=O)N4CCCC4)ccc3n2)c(C)c1. The first-order valence-corrected chi connectivity index (χ1v) is 13.4. The first-order chi connectivity index (χ1) is 15.6. The van der Waals surface area contributed by atoms with Crippen LogP contribution in [0.4, 0.5) is 5.69 Å². The molecular formula is C25H29N3O3S2. The Hall–Kier alpha value is -2.42. The third kappa shape index (κ3) is 5.08. The lowest BCUT2D eigenvalue weighted by molar-refractivity contribution is -0.115. The minimum absolute atomic E-state index is 0.0847. The van der Waals surface area contributed by atoms with Gasteiger partial charge in [-0.3, -0.25) is 4.79 Å². The number of nitrogens with zero attached hydrogens (tertiary/aromatic N) is 2. The van der Waals surface area contributed by atoms with Gasteiger partial charge in [-0.15, -0.1) is 0 Å². The molecule has 3 aromatic rings. The molecule has 1 fully saturated rings. The minimum atomic E-state index is -3.48. The summed E-state index contributed by atoms with van der Waals surface area (Å²) < 4.78 is 27.4. The standard InChI is InChI=1S/C25H29N3O3S2/c1-16-7-9-22(18(3)13-16)27-25(29)19(4)32-24-14-17(2)21-15-20(8-10-23(21)26-24)33(30,31)28-11-5-6-12-28/h7-10,13-15,19H,5-6,11-12H2,1-4H3,(H,27,29)/t19-/m0/s1. The van der Waals surface area contributed by atoms with Gasteiger partial charge >= 0.3 is 0 Å². The van der Waals surface area contributed by atoms with Crippen molar-refractivity contribution in [1.82, 2.24) is 9.29 Å². The Kier molecular flexibility index (Phi) is 6.79. The first-order valence-electron chi connectivity index (χ1n) is 11.1. The summed E-state index contributed by atoms with van der Waals surface area (Å²) in [7, 11) is -3.48. The molecule has 1 aliphatic heterocycles. The van der Waals surface area contributed by atoms with E-state index < -0.39 is 10.0 Å². The molecule has 0 aliphatic carbocycles. The Bertz CT molecular complexity index is 1320. The maximum atomic E-state index is 12.9. The molecule has 6 nitrogen and oxygen atoms in total. The molecule has 2 aromatic carbocycles. The van der Waals surface area contributed by atoms with E-state index in [4.69, 9.17) is 0 Å². The number of hydrogen-bond donors (Lipinski definition) is 1. The van der Waals surface area contributed by atoms with Crippen molar-refractivity contribution in [1.29, 1.82) is 0 Å². The Morgan fingerprint density at radius 2 is 1.76 bits per heavy atom. The summed E-state index contributed by atoms with van der Waals surface area (Å²) in [6, 6.07) is 13.0. The Morgan fingerprint density at radius 1 is 1.03 bits per heavy atom. The van der Waals surface area contributed by atoms with E-state index in [2.05, 4.69) is 10.3 Å². The van der Waals surface area contributed by atoms with E-state index in [1.54, 1.807) is 22.5 Å². The number of anilines is 1. The van der Waals surface area contributed by atoms with Crippen molar-refractivity contribution in [3.05, 3.63) is 59.2 Å². The molecule has 1 amide bonds. The zero-order valence-corrected chi connectivity index (χ0v) is 21.0. The zero-order valence-electron chi connectivity index (χ0n) is 19.4. The zero-order chi connectivity index (χ0) is 23.8. The van der Waals surface area contributed by atoms with Crippen molar-refractivity contribution >= 4 is 44.3 Å². The third-order valence-corrected chi connectivity index (χ3v) is 8.89. The number of thioether (sulfide) groups is 1. The topological polar surface area (TPSA) is 79.4 Å². The molecule has 1 aromatic heterocycles. The minimum Gasteiger partial charge on any atom is -0.325 e. The Labute approximate surface area is 199 Å². The van der Waals surface area contributed by atoms with Crippen molar-refractivity contribution in [2.75, 3.05) is 18.4 Å². The summed E-state index contributed by atoms with van der Waals surface area (Å²) in [6.07, 6.45) is 1.81. The van der Waals surface area contributed by atoms with Gasteiger partial charge in [-0.2, -0.15) is 4.31 Å². The number of benzene rings is 2. The summed E-state index contributed by atoms with van der Waals surface area (Å²) in [5.41, 5.74) is 4.65. The van der Waals surface area contributed by atoms with Crippen LogP contribution in [0.25, 0.3) is 10.9 Å². The van der Waals surface area contributed by atoms with Crippen LogP contribution in [0, 0.1) is 20.8 Å². The van der Waals surface area contributed by atoms with E-state index in [1.807, 2.05) is 52.0 Å². The molecule has 174 valence electrons. The van der Waals surface area contributed by atoms with Crippen LogP contribution in [0.5, 0.6) is 0 Å². The normalized spacial score (nSPS) is 15.6. The van der Waals surface area contributed by atoms with Crippen LogP contribution < -0.4 is 5.32 Å². The highest BCUT2D eigenvalue weighted by molar-refractivity contribution is 8.00. The fourth-order valence-electron chi connectivity index (χ4n) is 4.06. The molecule has 0 unspecified atom stereocenters. The fraction of sp³-hybridized carbons (Fsp3) is 0.360. The molecule has 33 heavy (non-hydrogen) atoms. The number of fused-ring (bicyclic) bond motifs is 1. The van der Waals surface area contributed by atoms with Crippen molar-refractivity contribution in [2.24, 2.45) is 0 Å². The van der Waals surface area contributed by atoms with Gasteiger partial charge in [0.25, 0.3) is 0 Å². The van der Waals surface area contributed by atoms with Crippen molar-refractivity contribution in [3.63, 3.8) is 0 Å². The highest BCUT2D eigenvalue weighted by atomic mass is 32.2. The van der Waals surface area contributed by atoms with Gasteiger partial charge in [0.05, 0.1) is 20.7 Å². The van der Waals surface area contributed by atoms with Gasteiger partial charge < -0.3 is 5.32 Å². The molecule has 1 saturated heterocycles. The van der Waals surface area contributed by atoms with Gasteiger partial charge in [-0.05, 0) is 82.0 Å². The van der Waals surface area contributed by atoms with E-state index >= 15 is 0 Å². The number of carbonyl (C=O) groups is 1. The second kappa shape index (κ2) is 9.44. The molecule has 1 atom stereocenters. The highest BCUT2D eigenvalue weighted by Crippen LogP contribution is 2.30. The predicted molar refractivity (Wildman–Crippen MR) is 134 cm³/mol. The number of nitrogens with one attached hydrogen (secondary N) is 1. The van der Waals surface area contributed by atoms with Gasteiger partial charge in [0.15, 0.2) is 0 Å². The average molecular weight is 484 g/mol. The number of rotatable bonds is 6. The number of sulfonamides is 1. The number of hydrogen-bond acceptors (Lipinski definition) is 5. The summed E-state index contributed by atoms with van der Waals surface area (Å²) in [6.45, 7) is 8.96. The predicted octanol–water partition coefficient (Wildman–Crippen LogP) is 5.06. The van der Waals surface area contributed by atoms with Gasteiger partial charge in [0.1, 0.15) is 0 Å². The van der Waals surface area contributed by atoms with Crippen LogP contribution in [0.15, 0.2) is 52.4 Å². The summed E-state index contributed by atoms with van der Waals surface area (Å²) >= 11 is 1.39. The number of amides is 1. The molecule has 1 N–H and O–H groups in total. The second-order valence-corrected chi connectivity index (χ2v) is 11.9. The molecule has 2 heterocycles. The van der Waals surface area contributed by atoms with Gasteiger partial charge in [-0.25, -0.2) is 13.4 Å². The summed E-state index contributed by atoms with van der Waals surface area (Å²) in [4.78, 5) is 17.8. The summed E-state index contributed by atoms with van der Waals surface area (Å²) in [5.74, 6) is -0.0847. The third-order valence-electron chi connectivity index (χ3n) is 5.97. The van der Waals surface area contributed by atoms with Gasteiger partial charge in [-0.1, -0.05) is 29.5 Å². The summed E-state index contributed by atoms with van der Waals surface area (Å²) in [5, 5.41) is 4.21. The van der Waals surface area contributed by atoms with Crippen LogP contribution in [-0.4, -0.2) is 42.0 Å². The molecule has 0 radical (unpaired) electrons. The molecule has 0 bridgehead atoms. The molecule has 0 spiro atoms. The molecular weight excluding hydrogens is 454 g/mol. The fourth-order valence-corrected chi connectivity index (χ4v) is 6.53. The van der Waals surface area contributed by atoms with E-state index in [0.717, 1.165) is 51.1 Å². The quantitative estimate of drug-likeness (QED) is 0.496. The Morgan fingerprint density at radius 3 is 2.45 bits per heavy atom. The number of aryl methyl sites for hydroxylation is 3. The van der Waals surface area contributed by atoms with Gasteiger partial charge in [0.2, 0.25) is 15.9 Å². The van der Waals surface area contributed by atoms with E-state index in [1.165, 1.54) is 11.8 Å². The molecule has 0 saturated carbocycles. The van der Waals surface area contributed by atoms with Crippen LogP contribution in [-0.2, 0) is 14.8 Å².